The van der Waals surface area contributed by atoms with Crippen LogP contribution in [0.4, 0.5) is 0 Å². The zero-order chi connectivity index (χ0) is 14.8. The first kappa shape index (κ1) is 15.8. The topological polar surface area (TPSA) is 71.5 Å². The van der Waals surface area contributed by atoms with Crippen molar-refractivity contribution < 1.29 is 16.8 Å². The SMILES string of the molecule is O=S(=O)(Cl)Cc1ccc(S(=O)(=O)N2CCCCC2)cc1. The summed E-state index contributed by atoms with van der Waals surface area (Å²) in [6.45, 7) is 1.08. The Morgan fingerprint density at radius 3 is 2.00 bits per heavy atom. The fourth-order valence-electron chi connectivity index (χ4n) is 2.21. The van der Waals surface area contributed by atoms with E-state index in [1.165, 1.54) is 28.6 Å². The van der Waals surface area contributed by atoms with Crippen molar-refractivity contribution >= 4 is 29.8 Å². The predicted molar refractivity (Wildman–Crippen MR) is 77.5 cm³/mol. The van der Waals surface area contributed by atoms with Gasteiger partial charge in [-0.25, -0.2) is 16.8 Å². The summed E-state index contributed by atoms with van der Waals surface area (Å²) in [5.74, 6) is -0.307. The molecular weight excluding hydrogens is 322 g/mol. The molecule has 1 fully saturated rings. The first-order chi connectivity index (χ1) is 9.29. The molecule has 0 unspecified atom stereocenters. The lowest BCUT2D eigenvalue weighted by atomic mass is 10.2. The Balaban J connectivity index is 2.20. The lowest BCUT2D eigenvalue weighted by Crippen LogP contribution is -2.35. The highest BCUT2D eigenvalue weighted by molar-refractivity contribution is 8.13. The molecule has 2 rings (SSSR count). The summed E-state index contributed by atoms with van der Waals surface area (Å²) < 4.78 is 48.1. The van der Waals surface area contributed by atoms with Gasteiger partial charge in [0, 0.05) is 23.8 Å². The van der Waals surface area contributed by atoms with Crippen LogP contribution in [0.15, 0.2) is 29.2 Å². The first-order valence-electron chi connectivity index (χ1n) is 6.30. The quantitative estimate of drug-likeness (QED) is 0.787. The van der Waals surface area contributed by atoms with E-state index in [0.29, 0.717) is 18.7 Å². The van der Waals surface area contributed by atoms with Crippen LogP contribution >= 0.6 is 10.7 Å². The summed E-state index contributed by atoms with van der Waals surface area (Å²) in [7, 11) is -1.94. The van der Waals surface area contributed by atoms with Crippen molar-refractivity contribution in [1.29, 1.82) is 0 Å². The van der Waals surface area contributed by atoms with E-state index in [9.17, 15) is 16.8 Å². The molecule has 0 aromatic heterocycles. The minimum Gasteiger partial charge on any atom is -0.212 e. The van der Waals surface area contributed by atoms with E-state index < -0.39 is 19.1 Å². The summed E-state index contributed by atoms with van der Waals surface area (Å²) in [6, 6.07) is 5.83. The van der Waals surface area contributed by atoms with E-state index in [1.54, 1.807) is 0 Å². The number of piperidine rings is 1. The van der Waals surface area contributed by atoms with Crippen molar-refractivity contribution in [1.82, 2.24) is 4.31 Å². The normalized spacial score (nSPS) is 18.1. The molecule has 1 aliphatic heterocycles. The molecule has 5 nitrogen and oxygen atoms in total. The molecule has 1 aromatic carbocycles. The third-order valence-electron chi connectivity index (χ3n) is 3.22. The Morgan fingerprint density at radius 2 is 1.50 bits per heavy atom. The maximum absolute atomic E-state index is 12.4. The molecule has 0 aliphatic carbocycles. The summed E-state index contributed by atoms with van der Waals surface area (Å²) in [6.07, 6.45) is 2.81. The third-order valence-corrected chi connectivity index (χ3v) is 6.13. The number of hydrogen-bond donors (Lipinski definition) is 0. The van der Waals surface area contributed by atoms with E-state index in [1.807, 2.05) is 0 Å². The van der Waals surface area contributed by atoms with Crippen LogP contribution < -0.4 is 0 Å². The van der Waals surface area contributed by atoms with Crippen LogP contribution in [-0.2, 0) is 24.8 Å². The van der Waals surface area contributed by atoms with E-state index in [-0.39, 0.29) is 10.6 Å². The number of nitrogens with zero attached hydrogens (tertiary/aromatic N) is 1. The number of sulfonamides is 1. The zero-order valence-corrected chi connectivity index (χ0v) is 13.2. The Bertz CT molecular complexity index is 662. The minimum absolute atomic E-state index is 0.190. The first-order valence-corrected chi connectivity index (χ1v) is 10.2. The van der Waals surface area contributed by atoms with Gasteiger partial charge in [0.25, 0.3) is 0 Å². The minimum atomic E-state index is -3.63. The highest BCUT2D eigenvalue weighted by Gasteiger charge is 2.25. The molecule has 112 valence electrons. The lowest BCUT2D eigenvalue weighted by Gasteiger charge is -2.25. The second-order valence-electron chi connectivity index (χ2n) is 4.79. The molecule has 0 atom stereocenters. The number of halogens is 1. The Hall–Kier alpha value is -0.630. The Labute approximate surface area is 124 Å². The maximum atomic E-state index is 12.4. The largest absolute Gasteiger partial charge is 0.243 e. The molecule has 0 N–H and O–H groups in total. The highest BCUT2D eigenvalue weighted by atomic mass is 35.7. The van der Waals surface area contributed by atoms with Crippen LogP contribution in [0, 0.1) is 0 Å². The molecule has 1 aromatic rings. The van der Waals surface area contributed by atoms with Gasteiger partial charge in [0.2, 0.25) is 19.1 Å². The van der Waals surface area contributed by atoms with E-state index >= 15 is 0 Å². The molecule has 0 radical (unpaired) electrons. The predicted octanol–water partition coefficient (Wildman–Crippen LogP) is 1.93. The van der Waals surface area contributed by atoms with Crippen LogP contribution in [0.2, 0.25) is 0 Å². The molecule has 20 heavy (non-hydrogen) atoms. The van der Waals surface area contributed by atoms with Gasteiger partial charge in [-0.1, -0.05) is 18.6 Å². The van der Waals surface area contributed by atoms with Gasteiger partial charge in [-0.3, -0.25) is 0 Å². The molecule has 0 spiro atoms. The molecular formula is C12H16ClNO4S2. The third kappa shape index (κ3) is 3.94. The van der Waals surface area contributed by atoms with Gasteiger partial charge < -0.3 is 0 Å². The average molecular weight is 338 g/mol. The monoisotopic (exact) mass is 337 g/mol. The van der Waals surface area contributed by atoms with Crippen molar-refractivity contribution in [3.63, 3.8) is 0 Å². The summed E-state index contributed by atoms with van der Waals surface area (Å²) >= 11 is 0. The fraction of sp³-hybridized carbons (Fsp3) is 0.500. The fourth-order valence-corrected chi connectivity index (χ4v) is 4.70. The standard InChI is InChI=1S/C12H16ClNO4S2/c13-19(15,16)10-11-4-6-12(7-5-11)20(17,18)14-8-2-1-3-9-14/h4-7H,1-3,8-10H2. The van der Waals surface area contributed by atoms with Crippen LogP contribution in [0.5, 0.6) is 0 Å². The van der Waals surface area contributed by atoms with Gasteiger partial charge >= 0.3 is 0 Å². The van der Waals surface area contributed by atoms with Crippen molar-refractivity contribution in [2.24, 2.45) is 0 Å². The van der Waals surface area contributed by atoms with Crippen LogP contribution in [0.1, 0.15) is 24.8 Å². The van der Waals surface area contributed by atoms with Crippen molar-refractivity contribution in [2.45, 2.75) is 29.9 Å². The molecule has 0 saturated carbocycles. The van der Waals surface area contributed by atoms with Gasteiger partial charge in [-0.2, -0.15) is 4.31 Å². The summed E-state index contributed by atoms with van der Waals surface area (Å²) in [4.78, 5) is 0.190. The van der Waals surface area contributed by atoms with Gasteiger partial charge in [-0.05, 0) is 30.5 Å². The second kappa shape index (κ2) is 6.01. The Morgan fingerprint density at radius 1 is 0.950 bits per heavy atom. The lowest BCUT2D eigenvalue weighted by molar-refractivity contribution is 0.346. The van der Waals surface area contributed by atoms with E-state index in [4.69, 9.17) is 10.7 Å². The number of benzene rings is 1. The number of rotatable bonds is 4. The molecule has 8 heteroatoms. The molecule has 1 heterocycles. The molecule has 0 bridgehead atoms. The van der Waals surface area contributed by atoms with Crippen LogP contribution in [-0.4, -0.2) is 34.2 Å². The number of hydrogen-bond acceptors (Lipinski definition) is 4. The molecule has 0 amide bonds. The molecule has 1 aliphatic rings. The summed E-state index contributed by atoms with van der Waals surface area (Å²) in [5, 5.41) is 0. The average Bonchev–Trinajstić information content (AvgIpc) is 2.38. The van der Waals surface area contributed by atoms with E-state index in [2.05, 4.69) is 0 Å². The van der Waals surface area contributed by atoms with Crippen molar-refractivity contribution in [3.8, 4) is 0 Å². The van der Waals surface area contributed by atoms with Crippen LogP contribution in [0.25, 0.3) is 0 Å². The van der Waals surface area contributed by atoms with Gasteiger partial charge in [0.05, 0.1) is 10.6 Å². The highest BCUT2D eigenvalue weighted by Crippen LogP contribution is 2.21. The van der Waals surface area contributed by atoms with E-state index in [0.717, 1.165) is 19.3 Å². The smallest absolute Gasteiger partial charge is 0.212 e. The van der Waals surface area contributed by atoms with Crippen LogP contribution in [0.3, 0.4) is 0 Å². The maximum Gasteiger partial charge on any atom is 0.243 e. The Kier molecular flexibility index (Phi) is 4.73. The van der Waals surface area contributed by atoms with Gasteiger partial charge in [-0.15, -0.1) is 0 Å². The van der Waals surface area contributed by atoms with Crippen molar-refractivity contribution in [2.75, 3.05) is 13.1 Å². The molecule has 1 saturated heterocycles. The second-order valence-corrected chi connectivity index (χ2v) is 9.51. The summed E-state index contributed by atoms with van der Waals surface area (Å²) in [5.41, 5.74) is 0.470. The van der Waals surface area contributed by atoms with Gasteiger partial charge in [0.15, 0.2) is 0 Å². The zero-order valence-electron chi connectivity index (χ0n) is 10.8. The van der Waals surface area contributed by atoms with Gasteiger partial charge in [0.1, 0.15) is 0 Å². The van der Waals surface area contributed by atoms with Crippen molar-refractivity contribution in [3.05, 3.63) is 29.8 Å².